The molecule has 15 N–H and O–H groups in total. The number of aromatic nitrogens is 4. The molecule has 2 aromatic rings. The molecule has 19 heteroatoms. The Hall–Kier alpha value is -1.59. The fourth-order valence-electron chi connectivity index (χ4n) is 2.52. The van der Waals surface area contributed by atoms with Gasteiger partial charge in [0.05, 0.1) is 12.9 Å². The van der Waals surface area contributed by atoms with E-state index in [2.05, 4.69) is 19.3 Å². The number of anilines is 1. The highest BCUT2D eigenvalue weighted by Crippen LogP contribution is 2.53. The Morgan fingerprint density at radius 1 is 1.17 bits per heavy atom. The van der Waals surface area contributed by atoms with E-state index in [1.165, 1.54) is 17.2 Å². The first-order valence-electron chi connectivity index (χ1n) is 7.29. The summed E-state index contributed by atoms with van der Waals surface area (Å²) in [6.45, 7) is -0.633. The van der Waals surface area contributed by atoms with Gasteiger partial charge in [-0.1, -0.05) is 0 Å². The van der Waals surface area contributed by atoms with Crippen molar-refractivity contribution in [2.24, 2.45) is 11.0 Å². The highest BCUT2D eigenvalue weighted by atomic mass is 31.3. The van der Waals surface area contributed by atoms with Crippen molar-refractivity contribution in [1.29, 1.82) is 0 Å². The summed E-state index contributed by atoms with van der Waals surface area (Å²) < 4.78 is 38.3. The molecule has 0 spiro atoms. The minimum absolute atomic E-state index is 0. The molecule has 0 amide bonds. The number of aliphatic hydroxyl groups excluding tert-OH is 2. The van der Waals surface area contributed by atoms with Gasteiger partial charge in [-0.25, -0.2) is 39.4 Å². The lowest BCUT2D eigenvalue weighted by atomic mass is 10.1. The Labute approximate surface area is 163 Å². The SMILES string of the molecule is N.N.Nc1ncnc2c1ncn2[C@@H]1O[C@H](COP(N)(=O)OP(N)(=O)O)[C@@H](O)[C@H]1O. The maximum absolute atomic E-state index is 11.8. The topological polar surface area (TPSA) is 314 Å². The van der Waals surface area contributed by atoms with Crippen LogP contribution >= 0.6 is 15.5 Å². The van der Waals surface area contributed by atoms with E-state index in [4.69, 9.17) is 30.9 Å². The molecule has 6 atom stereocenters. The molecular formula is C10H23N9O8P2. The summed E-state index contributed by atoms with van der Waals surface area (Å²) in [6.07, 6.45) is -2.79. The number of ether oxygens (including phenoxy) is 1. The molecule has 0 aromatic carbocycles. The van der Waals surface area contributed by atoms with Crippen LogP contribution in [0.5, 0.6) is 0 Å². The van der Waals surface area contributed by atoms with E-state index in [1.807, 2.05) is 0 Å². The van der Waals surface area contributed by atoms with E-state index in [1.54, 1.807) is 0 Å². The second-order valence-corrected chi connectivity index (χ2v) is 8.73. The average Bonchev–Trinajstić information content (AvgIpc) is 3.07. The number of fused-ring (bicyclic) bond motifs is 1. The number of hydrogen-bond donors (Lipinski definition) is 8. The molecule has 3 heterocycles. The Morgan fingerprint density at radius 3 is 2.45 bits per heavy atom. The minimum atomic E-state index is -4.66. The molecular weight excluding hydrogens is 436 g/mol. The van der Waals surface area contributed by atoms with E-state index >= 15 is 0 Å². The molecule has 0 bridgehead atoms. The van der Waals surface area contributed by atoms with E-state index in [-0.39, 0.29) is 29.3 Å². The molecule has 1 aliphatic heterocycles. The summed E-state index contributed by atoms with van der Waals surface area (Å²) in [7, 11) is -9.17. The quantitative estimate of drug-likeness (QED) is 0.228. The van der Waals surface area contributed by atoms with Crippen LogP contribution in [0.1, 0.15) is 6.23 Å². The van der Waals surface area contributed by atoms with Gasteiger partial charge in [-0.2, -0.15) is 0 Å². The number of hydrogen-bond acceptors (Lipinski definition) is 13. The van der Waals surface area contributed by atoms with E-state index in [0.717, 1.165) is 0 Å². The number of nitrogens with zero attached hydrogens (tertiary/aromatic N) is 4. The Bertz CT molecular complexity index is 937. The van der Waals surface area contributed by atoms with Crippen molar-refractivity contribution in [3.8, 4) is 0 Å². The van der Waals surface area contributed by atoms with Crippen LogP contribution in [0.15, 0.2) is 12.7 Å². The smallest absolute Gasteiger partial charge is 0.387 e. The molecule has 3 rings (SSSR count). The maximum Gasteiger partial charge on any atom is 0.411 e. The second kappa shape index (κ2) is 9.05. The van der Waals surface area contributed by atoms with Crippen molar-refractivity contribution in [1.82, 2.24) is 31.8 Å². The lowest BCUT2D eigenvalue weighted by Crippen LogP contribution is -2.33. The standard InChI is InChI=1S/C10H17N7O8P2.2H3N/c11-8-5-9(15-2-14-8)17(3-16-5)10-7(19)6(18)4(24-10)1-23-27(13,22)25-26(12,20)21;;/h2-4,6-7,10,18-19H,1H2,(H2,13,22)(H2,11,14,15)(H3,12,20,21);2*1H3/t4-,6-,7-,10-,27?;;/m1../s1. The van der Waals surface area contributed by atoms with Crippen molar-refractivity contribution in [3.63, 3.8) is 0 Å². The van der Waals surface area contributed by atoms with Crippen LogP contribution in [0, 0.1) is 0 Å². The van der Waals surface area contributed by atoms with Crippen LogP contribution < -0.4 is 29.0 Å². The fourth-order valence-corrected chi connectivity index (χ4v) is 4.36. The number of nitrogens with two attached hydrogens (primary N) is 3. The molecule has 1 fully saturated rings. The molecule has 2 aromatic heterocycles. The van der Waals surface area contributed by atoms with Gasteiger partial charge in [0.1, 0.15) is 30.2 Å². The highest BCUT2D eigenvalue weighted by molar-refractivity contribution is 7.64. The van der Waals surface area contributed by atoms with E-state index in [9.17, 15) is 19.3 Å². The zero-order valence-corrected chi connectivity index (χ0v) is 16.7. The summed E-state index contributed by atoms with van der Waals surface area (Å²) in [5.74, 6) is 0.114. The number of rotatable bonds is 6. The van der Waals surface area contributed by atoms with Crippen molar-refractivity contribution < 1.29 is 37.8 Å². The van der Waals surface area contributed by atoms with Gasteiger partial charge in [0.25, 0.3) is 0 Å². The van der Waals surface area contributed by atoms with Crippen LogP contribution in [0.3, 0.4) is 0 Å². The van der Waals surface area contributed by atoms with Gasteiger partial charge in [0.15, 0.2) is 17.7 Å². The van der Waals surface area contributed by atoms with Crippen molar-refractivity contribution in [2.45, 2.75) is 24.5 Å². The van der Waals surface area contributed by atoms with Crippen molar-refractivity contribution >= 4 is 32.5 Å². The van der Waals surface area contributed by atoms with Crippen LogP contribution in [0.25, 0.3) is 11.2 Å². The van der Waals surface area contributed by atoms with E-state index in [0.29, 0.717) is 0 Å². The van der Waals surface area contributed by atoms with E-state index < -0.39 is 46.6 Å². The molecule has 29 heavy (non-hydrogen) atoms. The Balaban J connectivity index is 0.00000210. The van der Waals surface area contributed by atoms with Gasteiger partial charge in [-0.05, 0) is 0 Å². The Kier molecular flexibility index (Phi) is 7.94. The third-order valence-electron chi connectivity index (χ3n) is 3.65. The normalized spacial score (nSPS) is 28.2. The predicted octanol–water partition coefficient (Wildman–Crippen LogP) is -1.49. The third kappa shape index (κ3) is 5.52. The molecule has 0 saturated carbocycles. The van der Waals surface area contributed by atoms with Gasteiger partial charge in [0, 0.05) is 0 Å². The van der Waals surface area contributed by atoms with Gasteiger partial charge >= 0.3 is 15.5 Å². The molecule has 1 saturated heterocycles. The van der Waals surface area contributed by atoms with Crippen LogP contribution in [-0.4, -0.2) is 59.5 Å². The summed E-state index contributed by atoms with van der Waals surface area (Å²) >= 11 is 0. The maximum atomic E-state index is 11.8. The predicted molar refractivity (Wildman–Crippen MR) is 98.5 cm³/mol. The van der Waals surface area contributed by atoms with Gasteiger partial charge in [-0.3, -0.25) is 9.09 Å². The monoisotopic (exact) mass is 459 g/mol. The zero-order chi connectivity index (χ0) is 20.0. The van der Waals surface area contributed by atoms with Crippen LogP contribution in [0.4, 0.5) is 5.82 Å². The lowest BCUT2D eigenvalue weighted by Gasteiger charge is -2.18. The fraction of sp³-hybridized carbons (Fsp3) is 0.500. The van der Waals surface area contributed by atoms with Crippen molar-refractivity contribution in [3.05, 3.63) is 12.7 Å². The summed E-state index contributed by atoms with van der Waals surface area (Å²) in [6, 6.07) is 0. The second-order valence-electron chi connectivity index (χ2n) is 5.61. The number of imidazole rings is 1. The average molecular weight is 459 g/mol. The van der Waals surface area contributed by atoms with Gasteiger partial charge < -0.3 is 37.9 Å². The first kappa shape index (κ1) is 25.4. The highest BCUT2D eigenvalue weighted by Gasteiger charge is 2.45. The molecule has 166 valence electrons. The molecule has 17 nitrogen and oxygen atoms in total. The van der Waals surface area contributed by atoms with Gasteiger partial charge in [0.2, 0.25) is 0 Å². The Morgan fingerprint density at radius 2 is 1.83 bits per heavy atom. The molecule has 1 aliphatic rings. The number of aliphatic hydroxyl groups is 2. The largest absolute Gasteiger partial charge is 0.411 e. The molecule has 0 radical (unpaired) electrons. The molecule has 0 aliphatic carbocycles. The summed E-state index contributed by atoms with van der Waals surface area (Å²) in [5, 5.41) is 20.4. The summed E-state index contributed by atoms with van der Waals surface area (Å²) in [4.78, 5) is 20.7. The zero-order valence-electron chi connectivity index (χ0n) is 14.9. The van der Waals surface area contributed by atoms with Gasteiger partial charge in [-0.15, -0.1) is 0 Å². The third-order valence-corrected chi connectivity index (χ3v) is 6.00. The molecule has 2 unspecified atom stereocenters. The van der Waals surface area contributed by atoms with Crippen molar-refractivity contribution in [2.75, 3.05) is 12.3 Å². The minimum Gasteiger partial charge on any atom is -0.387 e. The first-order chi connectivity index (χ1) is 12.5. The first-order valence-corrected chi connectivity index (χ1v) is 10.5. The summed E-state index contributed by atoms with van der Waals surface area (Å²) in [5.41, 5.74) is 16.1. The lowest BCUT2D eigenvalue weighted by molar-refractivity contribution is -0.0483. The van der Waals surface area contributed by atoms with Crippen LogP contribution in [-0.2, 0) is 22.7 Å². The van der Waals surface area contributed by atoms with Crippen LogP contribution in [0.2, 0.25) is 0 Å². The number of nitrogen functional groups attached to an aromatic ring is 1.